The molecule has 2 aliphatic rings. The van der Waals surface area contributed by atoms with Crippen molar-refractivity contribution in [3.63, 3.8) is 0 Å². The number of alkyl halides is 8. The highest BCUT2D eigenvalue weighted by Gasteiger charge is 2.68. The minimum Gasteiger partial charge on any atom is -0.320 e. The van der Waals surface area contributed by atoms with Crippen LogP contribution in [-0.2, 0) is 27.9 Å². The summed E-state index contributed by atoms with van der Waals surface area (Å²) in [6, 6.07) is 2.10. The van der Waals surface area contributed by atoms with Gasteiger partial charge in [-0.1, -0.05) is 6.92 Å². The lowest BCUT2D eigenvalue weighted by atomic mass is 9.67. The molecule has 0 aliphatic heterocycles. The number of rotatable bonds is 6. The fourth-order valence-electron chi connectivity index (χ4n) is 4.75. The molecule has 2 aliphatic carbocycles. The summed E-state index contributed by atoms with van der Waals surface area (Å²) in [6.45, 7) is 0.665. The molecule has 2 aromatic heterocycles. The summed E-state index contributed by atoms with van der Waals surface area (Å²) in [7, 11) is -3.38. The van der Waals surface area contributed by atoms with Crippen LogP contribution < -0.4 is 5.32 Å². The van der Waals surface area contributed by atoms with Crippen molar-refractivity contribution in [1.29, 1.82) is 4.78 Å². The number of anilines is 1. The molecular formula is C21H21F8N5O2S. The van der Waals surface area contributed by atoms with Gasteiger partial charge < -0.3 is 5.32 Å². The topological polar surface area (TPSA) is 101 Å². The Morgan fingerprint density at radius 1 is 1.19 bits per heavy atom. The summed E-state index contributed by atoms with van der Waals surface area (Å²) in [5, 5.41) is 5.40. The monoisotopic (exact) mass is 559 g/mol. The summed E-state index contributed by atoms with van der Waals surface area (Å²) in [4.78, 5) is 16.9. The maximum absolute atomic E-state index is 14.2. The van der Waals surface area contributed by atoms with Crippen molar-refractivity contribution in [3.05, 3.63) is 35.3 Å². The Kier molecular flexibility index (Phi) is 5.97. The summed E-state index contributed by atoms with van der Waals surface area (Å²) in [6.07, 6.45) is -11.3. The van der Waals surface area contributed by atoms with Crippen molar-refractivity contribution in [3.8, 4) is 0 Å². The third-order valence-corrected chi connectivity index (χ3v) is 7.51. The molecule has 2 aromatic rings. The Balaban J connectivity index is 1.85. The van der Waals surface area contributed by atoms with E-state index in [1.165, 1.54) is 6.92 Å². The van der Waals surface area contributed by atoms with Gasteiger partial charge in [0.1, 0.15) is 21.7 Å². The predicted molar refractivity (Wildman–Crippen MR) is 114 cm³/mol. The Bertz CT molecular complexity index is 1350. The third kappa shape index (κ3) is 5.03. The number of carbonyl (C=O) groups excluding carboxylic acids is 1. The second-order valence-electron chi connectivity index (χ2n) is 10.0. The number of hydrogen-bond donors (Lipinski definition) is 2. The van der Waals surface area contributed by atoms with Gasteiger partial charge >= 0.3 is 12.4 Å². The highest BCUT2D eigenvalue weighted by molar-refractivity contribution is 7.91. The average Bonchev–Trinajstić information content (AvgIpc) is 3.41. The highest BCUT2D eigenvalue weighted by Crippen LogP contribution is 2.61. The normalized spacial score (nSPS) is 21.6. The van der Waals surface area contributed by atoms with Crippen molar-refractivity contribution in [2.45, 2.75) is 67.9 Å². The molecule has 2 heterocycles. The van der Waals surface area contributed by atoms with E-state index in [1.54, 1.807) is 0 Å². The van der Waals surface area contributed by atoms with Crippen LogP contribution in [0.5, 0.6) is 0 Å². The van der Waals surface area contributed by atoms with E-state index in [0.29, 0.717) is 4.68 Å². The van der Waals surface area contributed by atoms with E-state index < -0.39 is 93.9 Å². The van der Waals surface area contributed by atoms with Crippen LogP contribution in [0.1, 0.15) is 54.4 Å². The average molecular weight is 559 g/mol. The first-order valence-electron chi connectivity index (χ1n) is 10.8. The molecule has 0 bridgehead atoms. The number of nitrogens with zero attached hydrogens (tertiary/aromatic N) is 3. The van der Waals surface area contributed by atoms with Gasteiger partial charge in [-0.15, -0.1) is 0 Å². The standard InChI is InChI=1S/C21H21F8N5O2S/c1-17(8-19(22,23)9-17)10-34-14(16(35)32-11-3-6-31-12(7-11)37(2,30)36)13(20(24,25)26)15(33-34)18(4-5-18)21(27,28)29/h3,6-7,30H,4-5,8-10H2,1-2H3,(H,31,32,35). The van der Waals surface area contributed by atoms with E-state index in [-0.39, 0.29) is 10.7 Å². The number of pyridine rings is 1. The van der Waals surface area contributed by atoms with Crippen LogP contribution in [-0.4, -0.2) is 43.2 Å². The first-order valence-corrected chi connectivity index (χ1v) is 12.8. The molecule has 1 atom stereocenters. The van der Waals surface area contributed by atoms with Crippen LogP contribution in [0.2, 0.25) is 0 Å². The SMILES string of the molecule is CC1(Cn2nc(C3(C(F)(F)F)CC3)c(C(F)(F)F)c2C(=O)Nc2ccnc(S(C)(=N)=O)c2)CC(F)(F)C1. The molecule has 7 nitrogen and oxygen atoms in total. The van der Waals surface area contributed by atoms with Gasteiger partial charge in [0.25, 0.3) is 5.91 Å². The minimum absolute atomic E-state index is 0.224. The van der Waals surface area contributed by atoms with Crippen molar-refractivity contribution in [1.82, 2.24) is 14.8 Å². The van der Waals surface area contributed by atoms with E-state index in [0.717, 1.165) is 24.6 Å². The first kappa shape index (κ1) is 27.3. The molecule has 2 N–H and O–H groups in total. The molecule has 0 aromatic carbocycles. The number of amides is 1. The summed E-state index contributed by atoms with van der Waals surface area (Å²) in [5.74, 6) is -4.59. The van der Waals surface area contributed by atoms with Gasteiger partial charge in [-0.25, -0.2) is 22.8 Å². The number of halogens is 8. The van der Waals surface area contributed by atoms with Gasteiger partial charge in [0.15, 0.2) is 0 Å². The lowest BCUT2D eigenvalue weighted by Gasteiger charge is -2.44. The molecule has 4 rings (SSSR count). The van der Waals surface area contributed by atoms with Gasteiger partial charge in [-0.3, -0.25) is 9.48 Å². The molecule has 0 saturated heterocycles. The van der Waals surface area contributed by atoms with Crippen LogP contribution in [0.3, 0.4) is 0 Å². The van der Waals surface area contributed by atoms with Crippen LogP contribution in [0.15, 0.2) is 23.4 Å². The minimum atomic E-state index is -5.44. The Hall–Kier alpha value is -2.78. The maximum atomic E-state index is 14.2. The predicted octanol–water partition coefficient (Wildman–Crippen LogP) is 5.61. The second kappa shape index (κ2) is 8.11. The Labute approximate surface area is 205 Å². The highest BCUT2D eigenvalue weighted by atomic mass is 32.2. The van der Waals surface area contributed by atoms with Crippen LogP contribution in [0.4, 0.5) is 40.8 Å². The van der Waals surface area contributed by atoms with Crippen molar-refractivity contribution >= 4 is 21.3 Å². The summed E-state index contributed by atoms with van der Waals surface area (Å²) in [5.41, 5.74) is -8.96. The van der Waals surface area contributed by atoms with E-state index in [2.05, 4.69) is 15.4 Å². The van der Waals surface area contributed by atoms with Crippen molar-refractivity contribution < 1.29 is 44.1 Å². The van der Waals surface area contributed by atoms with Gasteiger partial charge in [0, 0.05) is 37.5 Å². The van der Waals surface area contributed by atoms with Crippen molar-refractivity contribution in [2.24, 2.45) is 5.41 Å². The summed E-state index contributed by atoms with van der Waals surface area (Å²) < 4.78 is 131. The van der Waals surface area contributed by atoms with Crippen molar-refractivity contribution in [2.75, 3.05) is 11.6 Å². The number of aromatic nitrogens is 3. The van der Waals surface area contributed by atoms with E-state index in [4.69, 9.17) is 4.78 Å². The zero-order valence-electron chi connectivity index (χ0n) is 19.4. The molecule has 2 fully saturated rings. The van der Waals surface area contributed by atoms with Crippen LogP contribution >= 0.6 is 0 Å². The Morgan fingerprint density at radius 3 is 2.24 bits per heavy atom. The van der Waals surface area contributed by atoms with Gasteiger partial charge in [0.2, 0.25) is 5.92 Å². The molecule has 0 spiro atoms. The molecular weight excluding hydrogens is 538 g/mol. The quantitative estimate of drug-likeness (QED) is 0.449. The van der Waals surface area contributed by atoms with Crippen LogP contribution in [0.25, 0.3) is 0 Å². The molecule has 0 radical (unpaired) electrons. The van der Waals surface area contributed by atoms with E-state index in [1.807, 2.05) is 0 Å². The molecule has 204 valence electrons. The Morgan fingerprint density at radius 2 is 1.78 bits per heavy atom. The third-order valence-electron chi connectivity index (χ3n) is 6.49. The fraction of sp³-hybridized carbons (Fsp3) is 0.571. The first-order chi connectivity index (χ1) is 16.7. The number of carbonyl (C=O) groups is 1. The molecule has 1 unspecified atom stereocenters. The fourth-order valence-corrected chi connectivity index (χ4v) is 5.36. The summed E-state index contributed by atoms with van der Waals surface area (Å²) >= 11 is 0. The smallest absolute Gasteiger partial charge is 0.320 e. The van der Waals surface area contributed by atoms with Gasteiger partial charge in [0.05, 0.1) is 15.4 Å². The lowest BCUT2D eigenvalue weighted by Crippen LogP contribution is -2.47. The van der Waals surface area contributed by atoms with Gasteiger partial charge in [-0.05, 0) is 30.4 Å². The van der Waals surface area contributed by atoms with Crippen LogP contribution in [0, 0.1) is 10.2 Å². The zero-order chi connectivity index (χ0) is 27.8. The molecule has 16 heteroatoms. The second-order valence-corrected chi connectivity index (χ2v) is 12.1. The van der Waals surface area contributed by atoms with E-state index in [9.17, 15) is 44.1 Å². The largest absolute Gasteiger partial charge is 0.420 e. The maximum Gasteiger partial charge on any atom is 0.420 e. The number of hydrogen-bond acceptors (Lipinski definition) is 5. The lowest BCUT2D eigenvalue weighted by molar-refractivity contribution is -0.166. The van der Waals surface area contributed by atoms with E-state index >= 15 is 0 Å². The molecule has 1 amide bonds. The molecule has 2 saturated carbocycles. The number of nitrogens with one attached hydrogen (secondary N) is 2. The zero-order valence-corrected chi connectivity index (χ0v) is 20.2. The molecule has 37 heavy (non-hydrogen) atoms. The van der Waals surface area contributed by atoms with Gasteiger partial charge in [-0.2, -0.15) is 31.4 Å².